The third-order valence-electron chi connectivity index (χ3n) is 13.0. The summed E-state index contributed by atoms with van der Waals surface area (Å²) in [6.07, 6.45) is 0. The molecule has 0 fully saturated rings. The van der Waals surface area contributed by atoms with Crippen LogP contribution in [0.2, 0.25) is 0 Å². The number of hydrogen-bond donors (Lipinski definition) is 0. The Morgan fingerprint density at radius 1 is 0.232 bits per heavy atom. The van der Waals surface area contributed by atoms with Crippen molar-refractivity contribution >= 4 is 21.5 Å². The SMILES string of the molecule is CC1(C)c2cc(-c3ccccc3)ccc2-c2ccc(-c3ccc4c(c3)C(C)(C)c3cc(-c5ccc6cc(-c7ccc8ccccc8c7)ccc6c5)ccc3-4)cc21. The zero-order chi connectivity index (χ0) is 37.8. The summed E-state index contributed by atoms with van der Waals surface area (Å²) < 4.78 is 0. The van der Waals surface area contributed by atoms with Gasteiger partial charge in [0.2, 0.25) is 0 Å². The molecule has 0 atom stereocenters. The molecular formula is C56H42. The highest BCUT2D eigenvalue weighted by atomic mass is 14.4. The number of hydrogen-bond acceptors (Lipinski definition) is 0. The smallest absolute Gasteiger partial charge is 0.0159 e. The molecule has 0 aliphatic heterocycles. The maximum Gasteiger partial charge on any atom is 0.0159 e. The minimum absolute atomic E-state index is 0.0869. The van der Waals surface area contributed by atoms with E-state index in [4.69, 9.17) is 0 Å². The Morgan fingerprint density at radius 2 is 0.518 bits per heavy atom. The minimum atomic E-state index is -0.123. The average Bonchev–Trinajstić information content (AvgIpc) is 3.61. The van der Waals surface area contributed by atoms with E-state index in [9.17, 15) is 0 Å². The summed E-state index contributed by atoms with van der Waals surface area (Å²) in [6, 6.07) is 68.3. The summed E-state index contributed by atoms with van der Waals surface area (Å²) >= 11 is 0. The predicted molar refractivity (Wildman–Crippen MR) is 238 cm³/mol. The maximum absolute atomic E-state index is 2.46. The van der Waals surface area contributed by atoms with Gasteiger partial charge in [0, 0.05) is 10.8 Å². The summed E-state index contributed by atoms with van der Waals surface area (Å²) in [4.78, 5) is 0. The molecule has 0 nitrogen and oxygen atoms in total. The van der Waals surface area contributed by atoms with Gasteiger partial charge in [0.15, 0.2) is 0 Å². The minimum Gasteiger partial charge on any atom is -0.0622 e. The van der Waals surface area contributed by atoms with Crippen molar-refractivity contribution in [2.75, 3.05) is 0 Å². The molecule has 0 radical (unpaired) electrons. The first kappa shape index (κ1) is 32.9. The van der Waals surface area contributed by atoms with E-state index < -0.39 is 0 Å². The van der Waals surface area contributed by atoms with Gasteiger partial charge < -0.3 is 0 Å². The van der Waals surface area contributed by atoms with Crippen LogP contribution in [0.1, 0.15) is 49.9 Å². The molecule has 56 heavy (non-hydrogen) atoms. The molecule has 0 heterocycles. The summed E-state index contributed by atoms with van der Waals surface area (Å²) in [5, 5.41) is 5.07. The third-order valence-corrected chi connectivity index (χ3v) is 13.0. The van der Waals surface area contributed by atoms with E-state index >= 15 is 0 Å². The van der Waals surface area contributed by atoms with Crippen LogP contribution in [0.4, 0.5) is 0 Å². The fourth-order valence-corrected chi connectivity index (χ4v) is 9.80. The van der Waals surface area contributed by atoms with E-state index in [-0.39, 0.29) is 10.8 Å². The van der Waals surface area contributed by atoms with Crippen LogP contribution in [-0.2, 0) is 10.8 Å². The van der Waals surface area contributed by atoms with Gasteiger partial charge >= 0.3 is 0 Å². The van der Waals surface area contributed by atoms with E-state index in [1.165, 1.54) is 111 Å². The van der Waals surface area contributed by atoms with Crippen LogP contribution < -0.4 is 0 Å². The second kappa shape index (κ2) is 12.0. The van der Waals surface area contributed by atoms with Crippen molar-refractivity contribution in [1.29, 1.82) is 0 Å². The molecule has 0 unspecified atom stereocenters. The normalized spacial score (nSPS) is 14.4. The highest BCUT2D eigenvalue weighted by Crippen LogP contribution is 2.53. The molecule has 9 aromatic rings. The average molecular weight is 715 g/mol. The third kappa shape index (κ3) is 4.99. The van der Waals surface area contributed by atoms with Crippen LogP contribution in [-0.4, -0.2) is 0 Å². The molecule has 0 spiro atoms. The fraction of sp³-hybridized carbons (Fsp3) is 0.107. The first-order valence-electron chi connectivity index (χ1n) is 19.9. The lowest BCUT2D eigenvalue weighted by Crippen LogP contribution is -2.15. The van der Waals surface area contributed by atoms with Crippen LogP contribution in [0, 0.1) is 0 Å². The predicted octanol–water partition coefficient (Wildman–Crippen LogP) is 15.3. The van der Waals surface area contributed by atoms with Gasteiger partial charge in [-0.25, -0.2) is 0 Å². The summed E-state index contributed by atoms with van der Waals surface area (Å²) in [5.74, 6) is 0. The Kier molecular flexibility index (Phi) is 7.05. The molecule has 0 heteroatoms. The lowest BCUT2D eigenvalue weighted by molar-refractivity contribution is 0.660. The topological polar surface area (TPSA) is 0 Å². The first-order chi connectivity index (χ1) is 27.2. The fourth-order valence-electron chi connectivity index (χ4n) is 9.80. The number of fused-ring (bicyclic) bond motifs is 8. The van der Waals surface area contributed by atoms with Gasteiger partial charge in [0.25, 0.3) is 0 Å². The molecule has 2 aliphatic rings. The molecule has 11 rings (SSSR count). The Bertz CT molecular complexity index is 3060. The zero-order valence-corrected chi connectivity index (χ0v) is 32.3. The number of benzene rings is 9. The van der Waals surface area contributed by atoms with Crippen molar-refractivity contribution < 1.29 is 0 Å². The first-order valence-corrected chi connectivity index (χ1v) is 19.9. The second-order valence-electron chi connectivity index (χ2n) is 17.0. The van der Waals surface area contributed by atoms with E-state index in [1.807, 2.05) is 0 Å². The van der Waals surface area contributed by atoms with Gasteiger partial charge in [-0.15, -0.1) is 0 Å². The van der Waals surface area contributed by atoms with Crippen molar-refractivity contribution in [3.05, 3.63) is 204 Å². The Balaban J connectivity index is 0.900. The number of rotatable bonds is 4. The summed E-state index contributed by atoms with van der Waals surface area (Å²) in [7, 11) is 0. The van der Waals surface area contributed by atoms with Crippen molar-refractivity contribution in [3.8, 4) is 66.8 Å². The van der Waals surface area contributed by atoms with Crippen LogP contribution in [0.25, 0.3) is 88.3 Å². The van der Waals surface area contributed by atoms with Gasteiger partial charge in [-0.05, 0) is 153 Å². The van der Waals surface area contributed by atoms with Crippen LogP contribution in [0.3, 0.4) is 0 Å². The standard InChI is InChI=1S/C56H42/c1-55(2)51-31-43(35-10-6-5-7-11-35)20-24-47(51)49-26-22-45(33-53(49)55)46-23-27-50-48-25-21-44(32-52(48)56(3,4)54(50)34-46)42-19-18-40-29-39(16-17-41(40)30-42)38-15-14-36-12-8-9-13-37(36)28-38/h5-34H,1-4H3. The van der Waals surface area contributed by atoms with Gasteiger partial charge in [0.05, 0.1) is 0 Å². The Hall–Kier alpha value is -6.50. The van der Waals surface area contributed by atoms with Gasteiger partial charge in [-0.1, -0.05) is 167 Å². The maximum atomic E-state index is 2.46. The van der Waals surface area contributed by atoms with Gasteiger partial charge in [-0.3, -0.25) is 0 Å². The second-order valence-corrected chi connectivity index (χ2v) is 17.0. The summed E-state index contributed by atoms with van der Waals surface area (Å²) in [5.41, 5.74) is 20.9. The van der Waals surface area contributed by atoms with Crippen molar-refractivity contribution in [2.24, 2.45) is 0 Å². The molecule has 266 valence electrons. The van der Waals surface area contributed by atoms with E-state index in [2.05, 4.69) is 210 Å². The van der Waals surface area contributed by atoms with Crippen LogP contribution >= 0.6 is 0 Å². The van der Waals surface area contributed by atoms with E-state index in [1.54, 1.807) is 0 Å². The highest BCUT2D eigenvalue weighted by molar-refractivity contribution is 5.94. The molecule has 9 aromatic carbocycles. The van der Waals surface area contributed by atoms with Crippen molar-refractivity contribution in [3.63, 3.8) is 0 Å². The molecule has 0 amide bonds. The van der Waals surface area contributed by atoms with Crippen LogP contribution in [0.5, 0.6) is 0 Å². The molecular weight excluding hydrogens is 673 g/mol. The molecule has 0 aromatic heterocycles. The molecule has 0 saturated heterocycles. The monoisotopic (exact) mass is 714 g/mol. The van der Waals surface area contributed by atoms with E-state index in [0.29, 0.717) is 0 Å². The molecule has 0 saturated carbocycles. The Labute approximate surface area is 329 Å². The van der Waals surface area contributed by atoms with Gasteiger partial charge in [-0.2, -0.15) is 0 Å². The lowest BCUT2D eigenvalue weighted by atomic mass is 9.79. The zero-order valence-electron chi connectivity index (χ0n) is 32.3. The molecule has 0 bridgehead atoms. The molecule has 2 aliphatic carbocycles. The van der Waals surface area contributed by atoms with E-state index in [0.717, 1.165) is 0 Å². The van der Waals surface area contributed by atoms with Crippen molar-refractivity contribution in [2.45, 2.75) is 38.5 Å². The highest BCUT2D eigenvalue weighted by Gasteiger charge is 2.38. The quantitative estimate of drug-likeness (QED) is 0.170. The molecule has 0 N–H and O–H groups in total. The summed E-state index contributed by atoms with van der Waals surface area (Å²) in [6.45, 7) is 9.56. The van der Waals surface area contributed by atoms with Crippen molar-refractivity contribution in [1.82, 2.24) is 0 Å². The van der Waals surface area contributed by atoms with Crippen LogP contribution in [0.15, 0.2) is 182 Å². The van der Waals surface area contributed by atoms with Gasteiger partial charge in [0.1, 0.15) is 0 Å². The lowest BCUT2D eigenvalue weighted by Gasteiger charge is -2.24. The largest absolute Gasteiger partial charge is 0.0622 e. The Morgan fingerprint density at radius 3 is 0.929 bits per heavy atom.